The summed E-state index contributed by atoms with van der Waals surface area (Å²) in [5.41, 5.74) is 4.38. The lowest BCUT2D eigenvalue weighted by Crippen LogP contribution is -2.57. The Bertz CT molecular complexity index is 561. The van der Waals surface area contributed by atoms with Gasteiger partial charge in [-0.2, -0.15) is 0 Å². The lowest BCUT2D eigenvalue weighted by Gasteiger charge is -2.47. The predicted octanol–water partition coefficient (Wildman–Crippen LogP) is 1.41. The van der Waals surface area contributed by atoms with Gasteiger partial charge in [0.2, 0.25) is 0 Å². The second-order valence-electron chi connectivity index (χ2n) is 10.9. The largest absolute Gasteiger partial charge is 0.393 e. The van der Waals surface area contributed by atoms with Crippen molar-refractivity contribution in [2.24, 2.45) is 40.7 Å². The summed E-state index contributed by atoms with van der Waals surface area (Å²) in [6, 6.07) is -0.299. The van der Waals surface area contributed by atoms with Gasteiger partial charge in [-0.1, -0.05) is 20.8 Å². The van der Waals surface area contributed by atoms with Gasteiger partial charge < -0.3 is 31.3 Å². The molecule has 170 valence electrons. The molecule has 0 amide bonds. The molecule has 0 saturated heterocycles. The molecule has 3 fully saturated rings. The molecule has 0 aliphatic heterocycles. The molecule has 7 N–H and O–H groups in total. The maximum Gasteiger partial charge on any atom is 0.0944 e. The zero-order chi connectivity index (χ0) is 21.6. The van der Waals surface area contributed by atoms with E-state index in [-0.39, 0.29) is 36.3 Å². The molecule has 0 aromatic rings. The summed E-state index contributed by atoms with van der Waals surface area (Å²) in [5, 5.41) is 53.9. The SMILES string of the molecule is CC1CC(C(N)CC(O)(CO)[C@@H]2CC[C@H](C)C3CCC(O)C3(C)C2O)CCC1O. The van der Waals surface area contributed by atoms with Crippen LogP contribution in [0.15, 0.2) is 0 Å². The van der Waals surface area contributed by atoms with E-state index in [2.05, 4.69) is 6.92 Å². The molecule has 6 nitrogen and oxygen atoms in total. The molecule has 0 spiro atoms. The average Bonchev–Trinajstić information content (AvgIpc) is 2.94. The summed E-state index contributed by atoms with van der Waals surface area (Å²) >= 11 is 0. The number of hydrogen-bond donors (Lipinski definition) is 6. The van der Waals surface area contributed by atoms with Gasteiger partial charge in [0, 0.05) is 17.4 Å². The minimum atomic E-state index is -1.47. The Morgan fingerprint density at radius 3 is 2.31 bits per heavy atom. The van der Waals surface area contributed by atoms with Crippen molar-refractivity contribution in [2.75, 3.05) is 6.61 Å². The van der Waals surface area contributed by atoms with E-state index in [0.29, 0.717) is 25.2 Å². The van der Waals surface area contributed by atoms with Crippen LogP contribution in [0.25, 0.3) is 0 Å². The van der Waals surface area contributed by atoms with Gasteiger partial charge in [-0.05, 0) is 75.0 Å². The quantitative estimate of drug-likeness (QED) is 0.404. The Balaban J connectivity index is 1.80. The zero-order valence-electron chi connectivity index (χ0n) is 18.4. The van der Waals surface area contributed by atoms with E-state index in [9.17, 15) is 25.5 Å². The maximum absolute atomic E-state index is 11.5. The molecule has 0 aromatic heterocycles. The summed E-state index contributed by atoms with van der Waals surface area (Å²) in [6.45, 7) is 5.71. The molecular formula is C23H43NO5. The van der Waals surface area contributed by atoms with Crippen LogP contribution in [0.2, 0.25) is 0 Å². The molecular weight excluding hydrogens is 370 g/mol. The van der Waals surface area contributed by atoms with Gasteiger partial charge in [0.15, 0.2) is 0 Å². The van der Waals surface area contributed by atoms with Crippen molar-refractivity contribution in [3.63, 3.8) is 0 Å². The Hall–Kier alpha value is -0.240. The monoisotopic (exact) mass is 413 g/mol. The summed E-state index contributed by atoms with van der Waals surface area (Å²) in [5.74, 6) is 0.424. The van der Waals surface area contributed by atoms with Gasteiger partial charge in [-0.15, -0.1) is 0 Å². The van der Waals surface area contributed by atoms with Crippen LogP contribution >= 0.6 is 0 Å². The van der Waals surface area contributed by atoms with Crippen molar-refractivity contribution in [3.05, 3.63) is 0 Å². The number of aliphatic hydroxyl groups is 5. The van der Waals surface area contributed by atoms with Crippen LogP contribution in [0, 0.1) is 35.0 Å². The highest BCUT2D eigenvalue weighted by Gasteiger charge is 2.59. The van der Waals surface area contributed by atoms with Crippen molar-refractivity contribution in [3.8, 4) is 0 Å². The van der Waals surface area contributed by atoms with Gasteiger partial charge in [0.05, 0.1) is 30.5 Å². The highest BCUT2D eigenvalue weighted by atomic mass is 16.3. The average molecular weight is 414 g/mol. The van der Waals surface area contributed by atoms with Crippen LogP contribution in [-0.2, 0) is 0 Å². The van der Waals surface area contributed by atoms with E-state index in [4.69, 9.17) is 5.73 Å². The first-order valence-corrected chi connectivity index (χ1v) is 11.7. The van der Waals surface area contributed by atoms with Crippen LogP contribution in [0.4, 0.5) is 0 Å². The molecule has 3 aliphatic carbocycles. The molecule has 3 rings (SSSR count). The second kappa shape index (κ2) is 8.71. The summed E-state index contributed by atoms with van der Waals surface area (Å²) in [7, 11) is 0. The lowest BCUT2D eigenvalue weighted by atomic mass is 9.64. The topological polar surface area (TPSA) is 127 Å². The van der Waals surface area contributed by atoms with Crippen LogP contribution < -0.4 is 5.73 Å². The molecule has 0 bridgehead atoms. The molecule has 3 aliphatic rings. The lowest BCUT2D eigenvalue weighted by molar-refractivity contribution is -0.160. The highest BCUT2D eigenvalue weighted by molar-refractivity contribution is 5.08. The first kappa shape index (κ1) is 23.4. The highest BCUT2D eigenvalue weighted by Crippen LogP contribution is 2.56. The van der Waals surface area contributed by atoms with Gasteiger partial charge in [0.1, 0.15) is 0 Å². The van der Waals surface area contributed by atoms with Gasteiger partial charge in [-0.25, -0.2) is 0 Å². The van der Waals surface area contributed by atoms with Crippen molar-refractivity contribution in [1.82, 2.24) is 0 Å². The maximum atomic E-state index is 11.5. The van der Waals surface area contributed by atoms with Crippen molar-refractivity contribution in [1.29, 1.82) is 0 Å². The Morgan fingerprint density at radius 1 is 1.00 bits per heavy atom. The van der Waals surface area contributed by atoms with Gasteiger partial charge in [-0.3, -0.25) is 0 Å². The summed E-state index contributed by atoms with van der Waals surface area (Å²) in [6.07, 6.45) is 3.84. The van der Waals surface area contributed by atoms with E-state index in [1.807, 2.05) is 13.8 Å². The number of fused-ring (bicyclic) bond motifs is 1. The standard InChI is InChI=1S/C23H43NO5/c1-13-4-6-17(21(28)22(3)16(13)7-9-20(22)27)23(29,12-25)11-18(24)15-5-8-19(26)14(2)10-15/h13-21,25-29H,4-12,24H2,1-3H3/t13-,14?,15?,16?,17+,18?,19?,20?,21?,22?,23?/m0/s1. The van der Waals surface area contributed by atoms with E-state index < -0.39 is 35.7 Å². The first-order chi connectivity index (χ1) is 13.5. The minimum Gasteiger partial charge on any atom is -0.393 e. The number of hydrogen-bond acceptors (Lipinski definition) is 6. The van der Waals surface area contributed by atoms with E-state index in [0.717, 1.165) is 25.7 Å². The molecule has 3 saturated carbocycles. The second-order valence-corrected chi connectivity index (χ2v) is 10.9. The minimum absolute atomic E-state index is 0.180. The summed E-state index contributed by atoms with van der Waals surface area (Å²) in [4.78, 5) is 0. The van der Waals surface area contributed by atoms with Crippen molar-refractivity contribution >= 4 is 0 Å². The van der Waals surface area contributed by atoms with Crippen molar-refractivity contribution in [2.45, 2.75) is 102 Å². The molecule has 0 aromatic carbocycles. The third kappa shape index (κ3) is 4.13. The van der Waals surface area contributed by atoms with E-state index >= 15 is 0 Å². The molecule has 0 radical (unpaired) electrons. The number of rotatable bonds is 5. The summed E-state index contributed by atoms with van der Waals surface area (Å²) < 4.78 is 0. The van der Waals surface area contributed by atoms with Gasteiger partial charge >= 0.3 is 0 Å². The smallest absolute Gasteiger partial charge is 0.0944 e. The normalized spacial score (nSPS) is 49.1. The van der Waals surface area contributed by atoms with Crippen LogP contribution in [0.3, 0.4) is 0 Å². The predicted molar refractivity (Wildman–Crippen MR) is 112 cm³/mol. The third-order valence-electron chi connectivity index (χ3n) is 9.23. The fourth-order valence-electron chi connectivity index (χ4n) is 7.04. The molecule has 29 heavy (non-hydrogen) atoms. The molecule has 6 heteroatoms. The van der Waals surface area contributed by atoms with Crippen LogP contribution in [0.1, 0.15) is 72.1 Å². The van der Waals surface area contributed by atoms with Crippen molar-refractivity contribution < 1.29 is 25.5 Å². The third-order valence-corrected chi connectivity index (χ3v) is 9.23. The van der Waals surface area contributed by atoms with Gasteiger partial charge in [0.25, 0.3) is 0 Å². The van der Waals surface area contributed by atoms with E-state index in [1.54, 1.807) is 0 Å². The number of aliphatic hydroxyl groups excluding tert-OH is 4. The molecule has 0 heterocycles. The fraction of sp³-hybridized carbons (Fsp3) is 1.00. The van der Waals surface area contributed by atoms with Crippen LogP contribution in [0.5, 0.6) is 0 Å². The number of nitrogens with two attached hydrogens (primary N) is 1. The first-order valence-electron chi connectivity index (χ1n) is 11.7. The fourth-order valence-corrected chi connectivity index (χ4v) is 7.04. The van der Waals surface area contributed by atoms with Crippen LogP contribution in [-0.4, -0.2) is 62.1 Å². The zero-order valence-corrected chi connectivity index (χ0v) is 18.4. The Kier molecular flexibility index (Phi) is 7.04. The molecule has 11 atom stereocenters. The Morgan fingerprint density at radius 2 is 1.69 bits per heavy atom. The Labute approximate surface area is 175 Å². The molecule has 9 unspecified atom stereocenters. The van der Waals surface area contributed by atoms with E-state index in [1.165, 1.54) is 0 Å².